The monoisotopic (exact) mass is 315 g/mol. The number of amides is 1. The standard InChI is InChI=1S/C16H17N3O4/c1-11-13(9-17-19(11)12-5-3-2-4-6-12)15(20)18-7-8-23-14(10-18)16(21)22/h2-6,9,14H,7-8,10H2,1H3,(H,21,22)/t14-/m1/s1. The van der Waals surface area contributed by atoms with Crippen LogP contribution in [0.25, 0.3) is 5.69 Å². The van der Waals surface area contributed by atoms with Gasteiger partial charge >= 0.3 is 5.97 Å². The molecule has 1 aliphatic heterocycles. The van der Waals surface area contributed by atoms with Crippen molar-refractivity contribution in [3.05, 3.63) is 47.8 Å². The van der Waals surface area contributed by atoms with Gasteiger partial charge in [-0.1, -0.05) is 18.2 Å². The van der Waals surface area contributed by atoms with Gasteiger partial charge in [-0.3, -0.25) is 4.79 Å². The second kappa shape index (κ2) is 6.21. The van der Waals surface area contributed by atoms with Crippen LogP contribution in [0.4, 0.5) is 0 Å². The summed E-state index contributed by atoms with van der Waals surface area (Å²) in [5, 5.41) is 13.3. The van der Waals surface area contributed by atoms with E-state index in [0.717, 1.165) is 11.4 Å². The van der Waals surface area contributed by atoms with E-state index in [9.17, 15) is 9.59 Å². The second-order valence-electron chi connectivity index (χ2n) is 5.34. The summed E-state index contributed by atoms with van der Waals surface area (Å²) in [7, 11) is 0. The quantitative estimate of drug-likeness (QED) is 0.917. The molecular weight excluding hydrogens is 298 g/mol. The first-order chi connectivity index (χ1) is 11.1. The summed E-state index contributed by atoms with van der Waals surface area (Å²) >= 11 is 0. The minimum Gasteiger partial charge on any atom is -0.479 e. The van der Waals surface area contributed by atoms with Crippen LogP contribution < -0.4 is 0 Å². The fraction of sp³-hybridized carbons (Fsp3) is 0.312. The SMILES string of the molecule is Cc1c(C(=O)N2CCO[C@@H](C(=O)O)C2)cnn1-c1ccccc1. The van der Waals surface area contributed by atoms with Crippen LogP contribution in [-0.2, 0) is 9.53 Å². The average Bonchev–Trinajstić information content (AvgIpc) is 2.96. The Kier molecular flexibility index (Phi) is 4.12. The molecule has 0 aliphatic carbocycles. The minimum atomic E-state index is -1.06. The average molecular weight is 315 g/mol. The van der Waals surface area contributed by atoms with Crippen LogP contribution in [-0.4, -0.2) is 57.5 Å². The first-order valence-electron chi connectivity index (χ1n) is 7.31. The van der Waals surface area contributed by atoms with Gasteiger partial charge in [0.05, 0.1) is 36.3 Å². The van der Waals surface area contributed by atoms with E-state index in [4.69, 9.17) is 9.84 Å². The van der Waals surface area contributed by atoms with Crippen LogP contribution >= 0.6 is 0 Å². The third kappa shape index (κ3) is 2.95. The maximum Gasteiger partial charge on any atom is 0.334 e. The Bertz CT molecular complexity index is 726. The van der Waals surface area contributed by atoms with Gasteiger partial charge in [0.2, 0.25) is 0 Å². The largest absolute Gasteiger partial charge is 0.479 e. The lowest BCUT2D eigenvalue weighted by atomic mass is 10.2. The van der Waals surface area contributed by atoms with Gasteiger partial charge < -0.3 is 14.7 Å². The number of hydrogen-bond acceptors (Lipinski definition) is 4. The third-order valence-electron chi connectivity index (χ3n) is 3.87. The number of hydrogen-bond donors (Lipinski definition) is 1. The summed E-state index contributed by atoms with van der Waals surface area (Å²) in [4.78, 5) is 25.2. The summed E-state index contributed by atoms with van der Waals surface area (Å²) in [6, 6.07) is 9.52. The van der Waals surface area contributed by atoms with Gasteiger partial charge in [0.25, 0.3) is 5.91 Å². The Balaban J connectivity index is 1.83. The minimum absolute atomic E-state index is 0.0458. The molecule has 7 heteroatoms. The maximum atomic E-state index is 12.7. The van der Waals surface area contributed by atoms with Gasteiger partial charge in [-0.2, -0.15) is 5.10 Å². The van der Waals surface area contributed by atoms with Crippen molar-refractivity contribution in [2.45, 2.75) is 13.0 Å². The molecule has 23 heavy (non-hydrogen) atoms. The highest BCUT2D eigenvalue weighted by Gasteiger charge is 2.30. The number of carboxylic acids is 1. The molecule has 1 saturated heterocycles. The third-order valence-corrected chi connectivity index (χ3v) is 3.87. The first kappa shape index (κ1) is 15.2. The van der Waals surface area contributed by atoms with Gasteiger partial charge in [-0.05, 0) is 19.1 Å². The number of carbonyl (C=O) groups excluding carboxylic acids is 1. The Morgan fingerprint density at radius 2 is 2.04 bits per heavy atom. The number of rotatable bonds is 3. The van der Waals surface area contributed by atoms with Crippen LogP contribution in [0.1, 0.15) is 16.1 Å². The zero-order valence-corrected chi connectivity index (χ0v) is 12.7. The van der Waals surface area contributed by atoms with E-state index in [1.54, 1.807) is 4.68 Å². The zero-order valence-electron chi connectivity index (χ0n) is 12.7. The number of carboxylic acid groups (broad SMARTS) is 1. The maximum absolute atomic E-state index is 12.7. The summed E-state index contributed by atoms with van der Waals surface area (Å²) in [5.41, 5.74) is 2.06. The summed E-state index contributed by atoms with van der Waals surface area (Å²) in [5.74, 6) is -1.28. The molecule has 2 aromatic rings. The molecular formula is C16H17N3O4. The van der Waals surface area contributed by atoms with Crippen molar-refractivity contribution in [1.82, 2.24) is 14.7 Å². The summed E-state index contributed by atoms with van der Waals surface area (Å²) < 4.78 is 6.84. The Morgan fingerprint density at radius 1 is 1.30 bits per heavy atom. The molecule has 0 unspecified atom stereocenters. The predicted octanol–water partition coefficient (Wildman–Crippen LogP) is 1.11. The fourth-order valence-electron chi connectivity index (χ4n) is 2.60. The second-order valence-corrected chi connectivity index (χ2v) is 5.34. The van der Waals surface area contributed by atoms with Crippen molar-refractivity contribution in [3.8, 4) is 5.69 Å². The van der Waals surface area contributed by atoms with Crippen molar-refractivity contribution in [2.24, 2.45) is 0 Å². The molecule has 1 N–H and O–H groups in total. The van der Waals surface area contributed by atoms with Gasteiger partial charge in [0.15, 0.2) is 6.10 Å². The summed E-state index contributed by atoms with van der Waals surface area (Å²) in [6.07, 6.45) is 0.549. The van der Waals surface area contributed by atoms with E-state index in [2.05, 4.69) is 5.10 Å². The number of ether oxygens (including phenoxy) is 1. The molecule has 1 fully saturated rings. The van der Waals surface area contributed by atoms with Crippen LogP contribution in [0.2, 0.25) is 0 Å². The molecule has 0 spiro atoms. The van der Waals surface area contributed by atoms with E-state index in [-0.39, 0.29) is 19.1 Å². The van der Waals surface area contributed by atoms with Crippen LogP contribution in [0.5, 0.6) is 0 Å². The van der Waals surface area contributed by atoms with E-state index in [0.29, 0.717) is 12.1 Å². The predicted molar refractivity (Wildman–Crippen MR) is 81.6 cm³/mol. The molecule has 2 heterocycles. The first-order valence-corrected chi connectivity index (χ1v) is 7.31. The van der Waals surface area contributed by atoms with Crippen molar-refractivity contribution >= 4 is 11.9 Å². The number of para-hydroxylation sites is 1. The van der Waals surface area contributed by atoms with E-state index in [1.807, 2.05) is 37.3 Å². The number of aromatic nitrogens is 2. The topological polar surface area (TPSA) is 84.7 Å². The Hall–Kier alpha value is -2.67. The normalized spacial score (nSPS) is 18.0. The van der Waals surface area contributed by atoms with Gasteiger partial charge in [-0.25, -0.2) is 9.48 Å². The summed E-state index contributed by atoms with van der Waals surface area (Å²) in [6.45, 7) is 2.46. The van der Waals surface area contributed by atoms with Gasteiger partial charge in [0, 0.05) is 6.54 Å². The lowest BCUT2D eigenvalue weighted by Crippen LogP contribution is -2.48. The Morgan fingerprint density at radius 3 is 2.74 bits per heavy atom. The van der Waals surface area contributed by atoms with Crippen LogP contribution in [0.15, 0.2) is 36.5 Å². The molecule has 7 nitrogen and oxygen atoms in total. The number of aliphatic carboxylic acids is 1. The number of nitrogens with zero attached hydrogens (tertiary/aromatic N) is 3. The fourth-order valence-corrected chi connectivity index (χ4v) is 2.60. The van der Waals surface area contributed by atoms with Crippen molar-refractivity contribution in [1.29, 1.82) is 0 Å². The highest BCUT2D eigenvalue weighted by atomic mass is 16.5. The molecule has 0 radical (unpaired) electrons. The van der Waals surface area contributed by atoms with Crippen LogP contribution in [0.3, 0.4) is 0 Å². The molecule has 1 amide bonds. The number of carbonyl (C=O) groups is 2. The highest BCUT2D eigenvalue weighted by Crippen LogP contribution is 2.17. The van der Waals surface area contributed by atoms with E-state index >= 15 is 0 Å². The van der Waals surface area contributed by atoms with Gasteiger partial charge in [0.1, 0.15) is 0 Å². The molecule has 0 saturated carbocycles. The molecule has 1 aliphatic rings. The molecule has 1 aromatic heterocycles. The lowest BCUT2D eigenvalue weighted by Gasteiger charge is -2.30. The van der Waals surface area contributed by atoms with E-state index in [1.165, 1.54) is 11.1 Å². The molecule has 1 atom stereocenters. The van der Waals surface area contributed by atoms with Crippen molar-refractivity contribution < 1.29 is 19.4 Å². The number of morpholine rings is 1. The van der Waals surface area contributed by atoms with Crippen LogP contribution in [0, 0.1) is 6.92 Å². The van der Waals surface area contributed by atoms with E-state index < -0.39 is 12.1 Å². The molecule has 120 valence electrons. The van der Waals surface area contributed by atoms with Crippen molar-refractivity contribution in [2.75, 3.05) is 19.7 Å². The molecule has 3 rings (SSSR count). The molecule has 1 aromatic carbocycles. The molecule has 0 bridgehead atoms. The Labute approximate surface area is 133 Å². The zero-order chi connectivity index (χ0) is 16.4. The smallest absolute Gasteiger partial charge is 0.334 e. The number of benzene rings is 1. The lowest BCUT2D eigenvalue weighted by molar-refractivity contribution is -0.154. The highest BCUT2D eigenvalue weighted by molar-refractivity contribution is 5.95. The van der Waals surface area contributed by atoms with Crippen molar-refractivity contribution in [3.63, 3.8) is 0 Å². The van der Waals surface area contributed by atoms with Gasteiger partial charge in [-0.15, -0.1) is 0 Å².